The molecule has 31 heavy (non-hydrogen) atoms. The van der Waals surface area contributed by atoms with Crippen molar-refractivity contribution in [2.24, 2.45) is 0 Å². The van der Waals surface area contributed by atoms with Crippen molar-refractivity contribution in [3.8, 4) is 5.75 Å². The molecule has 0 radical (unpaired) electrons. The third kappa shape index (κ3) is 5.04. The van der Waals surface area contributed by atoms with Gasteiger partial charge in [-0.1, -0.05) is 35.9 Å². The molecule has 7 nitrogen and oxygen atoms in total. The average molecular weight is 451 g/mol. The topological polar surface area (TPSA) is 97.6 Å². The molecule has 2 fully saturated rings. The van der Waals surface area contributed by atoms with Gasteiger partial charge in [-0.05, 0) is 41.3 Å². The fraction of sp³-hybridized carbons (Fsp3) is 0.478. The molecule has 0 saturated carbocycles. The minimum absolute atomic E-state index is 0.101. The van der Waals surface area contributed by atoms with Crippen molar-refractivity contribution >= 4 is 11.6 Å². The number of hydrogen-bond acceptors (Lipinski definition) is 7. The summed E-state index contributed by atoms with van der Waals surface area (Å²) < 4.78 is 22.0. The maximum Gasteiger partial charge on any atom is 0.186 e. The van der Waals surface area contributed by atoms with Crippen molar-refractivity contribution in [3.05, 3.63) is 64.2 Å². The van der Waals surface area contributed by atoms with Crippen molar-refractivity contribution in [1.82, 2.24) is 0 Å². The van der Waals surface area contributed by atoms with Crippen molar-refractivity contribution in [3.63, 3.8) is 0 Å². The summed E-state index contributed by atoms with van der Waals surface area (Å²) in [4.78, 5) is 0. The predicted molar refractivity (Wildman–Crippen MR) is 113 cm³/mol. The zero-order valence-corrected chi connectivity index (χ0v) is 17.9. The Morgan fingerprint density at radius 2 is 1.81 bits per heavy atom. The molecule has 0 bridgehead atoms. The van der Waals surface area contributed by atoms with Gasteiger partial charge >= 0.3 is 0 Å². The van der Waals surface area contributed by atoms with E-state index in [1.807, 2.05) is 30.3 Å². The van der Waals surface area contributed by atoms with E-state index in [1.165, 1.54) is 7.11 Å². The third-order valence-corrected chi connectivity index (χ3v) is 6.08. The normalized spacial score (nSPS) is 31.0. The molecule has 3 N–H and O–H groups in total. The smallest absolute Gasteiger partial charge is 0.186 e. The lowest BCUT2D eigenvalue weighted by molar-refractivity contribution is -0.292. The number of benzene rings is 2. The standard InChI is InChI=1S/C23H27ClO7/c1-28-23-21(27)19(25)20(26)22(31-23)14-4-7-18(24)15(11-14)10-13-2-5-16(6-3-13)30-17-8-9-29-12-17/h2-7,11,17,19-23,25-27H,8-10,12H2,1H3/t17-,19-,20-,21+,22+,23?/m1/s1. The lowest BCUT2D eigenvalue weighted by Gasteiger charge is -2.40. The third-order valence-electron chi connectivity index (χ3n) is 5.71. The van der Waals surface area contributed by atoms with Crippen LogP contribution in [-0.4, -0.2) is 66.3 Å². The first-order chi connectivity index (χ1) is 15.0. The van der Waals surface area contributed by atoms with Crippen LogP contribution < -0.4 is 4.74 Å². The van der Waals surface area contributed by atoms with Gasteiger partial charge < -0.3 is 34.3 Å². The molecule has 2 heterocycles. The number of aliphatic hydroxyl groups is 3. The van der Waals surface area contributed by atoms with Crippen LogP contribution in [0.15, 0.2) is 42.5 Å². The summed E-state index contributed by atoms with van der Waals surface area (Å²) in [7, 11) is 1.37. The van der Waals surface area contributed by atoms with Gasteiger partial charge in [0, 0.05) is 18.6 Å². The lowest BCUT2D eigenvalue weighted by Crippen LogP contribution is -2.54. The second kappa shape index (κ2) is 9.83. The van der Waals surface area contributed by atoms with Crippen molar-refractivity contribution in [2.45, 2.75) is 49.7 Å². The average Bonchev–Trinajstić information content (AvgIpc) is 3.28. The monoisotopic (exact) mass is 450 g/mol. The summed E-state index contributed by atoms with van der Waals surface area (Å²) in [5.74, 6) is 0.802. The first-order valence-electron chi connectivity index (χ1n) is 10.3. The molecule has 168 valence electrons. The zero-order chi connectivity index (χ0) is 22.0. The number of hydrogen-bond donors (Lipinski definition) is 3. The van der Waals surface area contributed by atoms with Gasteiger partial charge in [-0.3, -0.25) is 0 Å². The van der Waals surface area contributed by atoms with Crippen LogP contribution in [0.2, 0.25) is 5.02 Å². The van der Waals surface area contributed by atoms with Crippen LogP contribution in [0, 0.1) is 0 Å². The number of halogens is 1. The molecule has 1 unspecified atom stereocenters. The fourth-order valence-corrected chi connectivity index (χ4v) is 4.11. The highest BCUT2D eigenvalue weighted by molar-refractivity contribution is 6.31. The van der Waals surface area contributed by atoms with E-state index in [4.69, 9.17) is 30.5 Å². The van der Waals surface area contributed by atoms with Gasteiger partial charge in [0.15, 0.2) is 6.29 Å². The van der Waals surface area contributed by atoms with E-state index in [9.17, 15) is 15.3 Å². The van der Waals surface area contributed by atoms with Crippen LogP contribution in [-0.2, 0) is 20.6 Å². The molecule has 8 heteroatoms. The molecular formula is C23H27ClO7. The van der Waals surface area contributed by atoms with E-state index in [1.54, 1.807) is 12.1 Å². The van der Waals surface area contributed by atoms with Crippen LogP contribution >= 0.6 is 11.6 Å². The first kappa shape index (κ1) is 22.5. The summed E-state index contributed by atoms with van der Waals surface area (Å²) in [5, 5.41) is 31.2. The molecule has 2 saturated heterocycles. The largest absolute Gasteiger partial charge is 0.488 e. The van der Waals surface area contributed by atoms with E-state index < -0.39 is 30.7 Å². The molecule has 0 aliphatic carbocycles. The Labute approximate surface area is 186 Å². The van der Waals surface area contributed by atoms with Crippen LogP contribution in [0.1, 0.15) is 29.2 Å². The van der Waals surface area contributed by atoms with Gasteiger partial charge in [-0.25, -0.2) is 0 Å². The Morgan fingerprint density at radius 1 is 1.03 bits per heavy atom. The highest BCUT2D eigenvalue weighted by Gasteiger charge is 2.44. The molecule has 0 spiro atoms. The fourth-order valence-electron chi connectivity index (χ4n) is 3.93. The summed E-state index contributed by atoms with van der Waals surface area (Å²) in [6.45, 7) is 1.35. The summed E-state index contributed by atoms with van der Waals surface area (Å²) in [6.07, 6.45) is -4.35. The van der Waals surface area contributed by atoms with Crippen LogP contribution in [0.5, 0.6) is 5.75 Å². The van der Waals surface area contributed by atoms with E-state index in [0.29, 0.717) is 23.6 Å². The van der Waals surface area contributed by atoms with Crippen molar-refractivity contribution in [1.29, 1.82) is 0 Å². The maximum absolute atomic E-state index is 10.4. The summed E-state index contributed by atoms with van der Waals surface area (Å²) >= 11 is 6.42. The molecule has 2 aliphatic heterocycles. The van der Waals surface area contributed by atoms with E-state index in [2.05, 4.69) is 0 Å². The van der Waals surface area contributed by atoms with Crippen LogP contribution in [0.4, 0.5) is 0 Å². The van der Waals surface area contributed by atoms with Crippen LogP contribution in [0.3, 0.4) is 0 Å². The Kier molecular flexibility index (Phi) is 7.13. The van der Waals surface area contributed by atoms with Crippen molar-refractivity contribution in [2.75, 3.05) is 20.3 Å². The SMILES string of the molecule is COC1O[C@@H](c2ccc(Cl)c(Cc3ccc(O[C@@H]4CCOC4)cc3)c2)[C@H](O)[C@@H](O)[C@@H]1O. The molecule has 2 aromatic carbocycles. The second-order valence-corrected chi connectivity index (χ2v) is 8.31. The molecule has 2 aromatic rings. The second-order valence-electron chi connectivity index (χ2n) is 7.91. The highest BCUT2D eigenvalue weighted by atomic mass is 35.5. The van der Waals surface area contributed by atoms with Gasteiger partial charge in [0.05, 0.1) is 13.2 Å². The number of rotatable bonds is 6. The van der Waals surface area contributed by atoms with Gasteiger partial charge in [0.1, 0.15) is 36.3 Å². The van der Waals surface area contributed by atoms with Gasteiger partial charge in [-0.15, -0.1) is 0 Å². The van der Waals surface area contributed by atoms with Gasteiger partial charge in [0.25, 0.3) is 0 Å². The van der Waals surface area contributed by atoms with E-state index in [-0.39, 0.29) is 6.10 Å². The molecular weight excluding hydrogens is 424 g/mol. The number of aliphatic hydroxyl groups excluding tert-OH is 3. The molecule has 0 amide bonds. The summed E-state index contributed by atoms with van der Waals surface area (Å²) in [5.41, 5.74) is 2.54. The number of ether oxygens (including phenoxy) is 4. The Morgan fingerprint density at radius 3 is 2.48 bits per heavy atom. The molecule has 4 rings (SSSR count). The predicted octanol–water partition coefficient (Wildman–Crippen LogP) is 2.23. The quantitative estimate of drug-likeness (QED) is 0.620. The lowest BCUT2D eigenvalue weighted by atomic mass is 9.92. The highest BCUT2D eigenvalue weighted by Crippen LogP contribution is 2.34. The molecule has 2 aliphatic rings. The zero-order valence-electron chi connectivity index (χ0n) is 17.2. The Hall–Kier alpha value is -1.71. The summed E-state index contributed by atoms with van der Waals surface area (Å²) in [6, 6.07) is 13.1. The van der Waals surface area contributed by atoms with Gasteiger partial charge in [-0.2, -0.15) is 0 Å². The van der Waals surface area contributed by atoms with E-state index >= 15 is 0 Å². The van der Waals surface area contributed by atoms with Crippen molar-refractivity contribution < 1.29 is 34.3 Å². The molecule has 0 aromatic heterocycles. The maximum atomic E-state index is 10.4. The Bertz CT molecular complexity index is 867. The minimum Gasteiger partial charge on any atom is -0.488 e. The van der Waals surface area contributed by atoms with E-state index in [0.717, 1.165) is 29.9 Å². The first-order valence-corrected chi connectivity index (χ1v) is 10.7. The number of methoxy groups -OCH3 is 1. The Balaban J connectivity index is 1.49. The minimum atomic E-state index is -1.39. The van der Waals surface area contributed by atoms with Crippen LogP contribution in [0.25, 0.3) is 0 Å². The molecule has 6 atom stereocenters. The van der Waals surface area contributed by atoms with Gasteiger partial charge in [0.2, 0.25) is 0 Å².